The SMILES string of the molecule is CCCC(CC)C(CC)C(CC)C(CC)C(CC)C(CC)C(CC)C(CC)C(C)(CC)C(=O)OC1CCOC1=O. The summed E-state index contributed by atoms with van der Waals surface area (Å²) in [5.74, 6) is 4.34. The Labute approximate surface area is 249 Å². The molecule has 1 aliphatic rings. The predicted octanol–water partition coefficient (Wildman–Crippen LogP) is 10.3. The maximum absolute atomic E-state index is 13.8. The molecule has 1 saturated heterocycles. The van der Waals surface area contributed by atoms with Crippen molar-refractivity contribution in [1.29, 1.82) is 0 Å². The van der Waals surface area contributed by atoms with Crippen LogP contribution < -0.4 is 0 Å². The van der Waals surface area contributed by atoms with Gasteiger partial charge in [-0.2, -0.15) is 0 Å². The van der Waals surface area contributed by atoms with Gasteiger partial charge in [0, 0.05) is 6.42 Å². The number of carbonyl (C=O) groups excluding carboxylic acids is 2. The molecule has 0 saturated carbocycles. The number of carbonyl (C=O) groups is 2. The van der Waals surface area contributed by atoms with Gasteiger partial charge >= 0.3 is 11.9 Å². The Morgan fingerprint density at radius 3 is 1.57 bits per heavy atom. The van der Waals surface area contributed by atoms with Crippen molar-refractivity contribution >= 4 is 11.9 Å². The van der Waals surface area contributed by atoms with Gasteiger partial charge in [-0.05, 0) is 60.7 Å². The van der Waals surface area contributed by atoms with Crippen LogP contribution in [0, 0.1) is 52.8 Å². The number of ether oxygens (including phenoxy) is 2. The molecule has 10 atom stereocenters. The summed E-state index contributed by atoms with van der Waals surface area (Å²) in [5, 5.41) is 0. The number of rotatable bonds is 21. The monoisotopic (exact) mass is 565 g/mol. The molecule has 0 aromatic heterocycles. The zero-order chi connectivity index (χ0) is 30.5. The molecule has 0 aromatic rings. The lowest BCUT2D eigenvalue weighted by Crippen LogP contribution is -2.46. The molecule has 0 aliphatic carbocycles. The molecule has 1 fully saturated rings. The lowest BCUT2D eigenvalue weighted by Gasteiger charge is -2.48. The van der Waals surface area contributed by atoms with Crippen molar-refractivity contribution in [3.63, 3.8) is 0 Å². The maximum atomic E-state index is 13.8. The Balaban J connectivity index is 3.45. The van der Waals surface area contributed by atoms with Crippen molar-refractivity contribution in [1.82, 2.24) is 0 Å². The lowest BCUT2D eigenvalue weighted by molar-refractivity contribution is -0.173. The summed E-state index contributed by atoms with van der Waals surface area (Å²) >= 11 is 0. The first kappa shape index (κ1) is 37.0. The molecule has 0 bridgehead atoms. The summed E-state index contributed by atoms with van der Waals surface area (Å²) in [6, 6.07) is 0. The van der Waals surface area contributed by atoms with Gasteiger partial charge in [0.25, 0.3) is 0 Å². The summed E-state index contributed by atoms with van der Waals surface area (Å²) in [6.45, 7) is 26.0. The molecule has 4 nitrogen and oxygen atoms in total. The number of hydrogen-bond donors (Lipinski definition) is 0. The normalized spacial score (nSPS) is 23.3. The van der Waals surface area contributed by atoms with E-state index in [2.05, 4.69) is 76.2 Å². The number of hydrogen-bond acceptors (Lipinski definition) is 4. The van der Waals surface area contributed by atoms with Gasteiger partial charge in [-0.25, -0.2) is 4.79 Å². The van der Waals surface area contributed by atoms with Crippen LogP contribution in [-0.4, -0.2) is 24.6 Å². The molecule has 236 valence electrons. The highest BCUT2D eigenvalue weighted by atomic mass is 16.6. The smallest absolute Gasteiger partial charge is 0.347 e. The van der Waals surface area contributed by atoms with E-state index in [0.717, 1.165) is 43.4 Å². The summed E-state index contributed by atoms with van der Waals surface area (Å²) in [4.78, 5) is 25.9. The van der Waals surface area contributed by atoms with Crippen molar-refractivity contribution < 1.29 is 19.1 Å². The van der Waals surface area contributed by atoms with Crippen LogP contribution in [0.4, 0.5) is 0 Å². The van der Waals surface area contributed by atoms with Crippen molar-refractivity contribution in [3.8, 4) is 0 Å². The van der Waals surface area contributed by atoms with Gasteiger partial charge in [0.15, 0.2) is 0 Å². The zero-order valence-electron chi connectivity index (χ0n) is 28.5. The standard InChI is InChI=1S/C36H68O4/c1-12-22-25(13-2)26(14-3)27(15-4)28(16-5)29(17-6)30(18-7)31(19-8)32(20-9)36(11,21-10)35(38)40-33-23-24-39-34(33)37/h25-33H,12-24H2,1-11H3. The van der Waals surface area contributed by atoms with Crippen molar-refractivity contribution in [2.45, 2.75) is 159 Å². The molecule has 40 heavy (non-hydrogen) atoms. The highest BCUT2D eigenvalue weighted by Crippen LogP contribution is 2.51. The molecule has 0 radical (unpaired) electrons. The number of cyclic esters (lactones) is 1. The van der Waals surface area contributed by atoms with E-state index in [1.165, 1.54) is 44.9 Å². The minimum absolute atomic E-state index is 0.207. The summed E-state index contributed by atoms with van der Waals surface area (Å²) < 4.78 is 11.0. The summed E-state index contributed by atoms with van der Waals surface area (Å²) in [7, 11) is 0. The Morgan fingerprint density at radius 2 is 1.23 bits per heavy atom. The van der Waals surface area contributed by atoms with E-state index in [1.54, 1.807) is 0 Å². The largest absolute Gasteiger partial charge is 0.463 e. The molecule has 10 unspecified atom stereocenters. The second-order valence-electron chi connectivity index (χ2n) is 13.0. The second kappa shape index (κ2) is 18.5. The van der Waals surface area contributed by atoms with Crippen LogP contribution in [-0.2, 0) is 19.1 Å². The molecular formula is C36H68O4. The van der Waals surface area contributed by atoms with Crippen molar-refractivity contribution in [2.24, 2.45) is 52.8 Å². The molecule has 1 rings (SSSR count). The minimum Gasteiger partial charge on any atom is -0.463 e. The molecule has 1 heterocycles. The molecule has 0 N–H and O–H groups in total. The van der Waals surface area contributed by atoms with Gasteiger partial charge in [0.05, 0.1) is 12.0 Å². The maximum Gasteiger partial charge on any atom is 0.347 e. The van der Waals surface area contributed by atoms with Crippen LogP contribution in [0.25, 0.3) is 0 Å². The van der Waals surface area contributed by atoms with E-state index in [9.17, 15) is 9.59 Å². The first-order valence-corrected chi connectivity index (χ1v) is 17.5. The fraction of sp³-hybridized carbons (Fsp3) is 0.944. The second-order valence-corrected chi connectivity index (χ2v) is 13.0. The van der Waals surface area contributed by atoms with Crippen LogP contribution in [0.15, 0.2) is 0 Å². The summed E-state index contributed by atoms with van der Waals surface area (Å²) in [5.41, 5.74) is -0.615. The third kappa shape index (κ3) is 8.50. The molecule has 0 spiro atoms. The Morgan fingerprint density at radius 1 is 0.750 bits per heavy atom. The Kier molecular flexibility index (Phi) is 17.1. The molecule has 1 aliphatic heterocycles. The van der Waals surface area contributed by atoms with E-state index in [-0.39, 0.29) is 17.9 Å². The average molecular weight is 565 g/mol. The molecule has 4 heteroatoms. The van der Waals surface area contributed by atoms with E-state index < -0.39 is 11.5 Å². The van der Waals surface area contributed by atoms with Crippen LogP contribution >= 0.6 is 0 Å². The van der Waals surface area contributed by atoms with Crippen LogP contribution in [0.5, 0.6) is 0 Å². The predicted molar refractivity (Wildman–Crippen MR) is 169 cm³/mol. The third-order valence-corrected chi connectivity index (χ3v) is 11.5. The first-order chi connectivity index (χ1) is 19.1. The van der Waals surface area contributed by atoms with Crippen LogP contribution in [0.1, 0.15) is 153 Å². The molecular weight excluding hydrogens is 496 g/mol. The Hall–Kier alpha value is -1.06. The van der Waals surface area contributed by atoms with Gasteiger partial charge in [-0.3, -0.25) is 4.79 Å². The van der Waals surface area contributed by atoms with E-state index >= 15 is 0 Å². The average Bonchev–Trinajstić information content (AvgIpc) is 3.37. The van der Waals surface area contributed by atoms with E-state index in [0.29, 0.717) is 36.7 Å². The van der Waals surface area contributed by atoms with Gasteiger partial charge < -0.3 is 9.47 Å². The quantitative estimate of drug-likeness (QED) is 0.130. The van der Waals surface area contributed by atoms with E-state index in [1.807, 2.05) is 0 Å². The van der Waals surface area contributed by atoms with Crippen molar-refractivity contribution in [2.75, 3.05) is 6.61 Å². The van der Waals surface area contributed by atoms with Gasteiger partial charge in [-0.15, -0.1) is 0 Å². The highest BCUT2D eigenvalue weighted by molar-refractivity contribution is 5.83. The van der Waals surface area contributed by atoms with Crippen molar-refractivity contribution in [3.05, 3.63) is 0 Å². The van der Waals surface area contributed by atoms with E-state index in [4.69, 9.17) is 9.47 Å². The molecule has 0 amide bonds. The van der Waals surface area contributed by atoms with Gasteiger partial charge in [0.2, 0.25) is 6.10 Å². The highest BCUT2D eigenvalue weighted by Gasteiger charge is 2.49. The van der Waals surface area contributed by atoms with Crippen LogP contribution in [0.2, 0.25) is 0 Å². The first-order valence-electron chi connectivity index (χ1n) is 17.5. The lowest BCUT2D eigenvalue weighted by atomic mass is 9.57. The Bertz CT molecular complexity index is 720. The number of esters is 2. The topological polar surface area (TPSA) is 52.6 Å². The fourth-order valence-electron chi connectivity index (χ4n) is 9.29. The molecule has 0 aromatic carbocycles. The minimum atomic E-state index is -0.739. The summed E-state index contributed by atoms with van der Waals surface area (Å²) in [6.07, 6.45) is 12.5. The van der Waals surface area contributed by atoms with Gasteiger partial charge in [-0.1, -0.05) is 133 Å². The van der Waals surface area contributed by atoms with Crippen LogP contribution in [0.3, 0.4) is 0 Å². The van der Waals surface area contributed by atoms with Gasteiger partial charge in [0.1, 0.15) is 0 Å². The third-order valence-electron chi connectivity index (χ3n) is 11.5. The fourth-order valence-corrected chi connectivity index (χ4v) is 9.29. The zero-order valence-corrected chi connectivity index (χ0v) is 28.5.